The van der Waals surface area contributed by atoms with Crippen LogP contribution in [0.3, 0.4) is 0 Å². The number of halogens is 2. The van der Waals surface area contributed by atoms with Crippen molar-refractivity contribution in [1.82, 2.24) is 5.32 Å². The highest BCUT2D eigenvalue weighted by atomic mass is 19.1. The van der Waals surface area contributed by atoms with E-state index in [1.807, 2.05) is 6.07 Å². The Kier molecular flexibility index (Phi) is 4.66. The Bertz CT molecular complexity index is 679. The van der Waals surface area contributed by atoms with E-state index in [2.05, 4.69) is 5.32 Å². The highest BCUT2D eigenvalue weighted by Crippen LogP contribution is 2.15. The molecule has 4 heteroatoms. The van der Waals surface area contributed by atoms with Crippen molar-refractivity contribution in [1.29, 1.82) is 5.26 Å². The number of hydrogen-bond donors (Lipinski definition) is 1. The van der Waals surface area contributed by atoms with Crippen molar-refractivity contribution in [2.75, 3.05) is 0 Å². The van der Waals surface area contributed by atoms with Gasteiger partial charge in [0.05, 0.1) is 11.6 Å². The smallest absolute Gasteiger partial charge is 0.129 e. The van der Waals surface area contributed by atoms with E-state index in [1.54, 1.807) is 26.0 Å². The summed E-state index contributed by atoms with van der Waals surface area (Å²) in [6.07, 6.45) is 0. The van der Waals surface area contributed by atoms with Crippen molar-refractivity contribution in [3.63, 3.8) is 0 Å². The predicted octanol–water partition coefficient (Wildman–Crippen LogP) is 3.74. The number of benzene rings is 2. The van der Waals surface area contributed by atoms with Crippen LogP contribution in [-0.4, -0.2) is 0 Å². The van der Waals surface area contributed by atoms with E-state index >= 15 is 0 Å². The van der Waals surface area contributed by atoms with E-state index < -0.39 is 0 Å². The van der Waals surface area contributed by atoms with Crippen molar-refractivity contribution in [2.45, 2.75) is 26.9 Å². The maximum atomic E-state index is 13.6. The lowest BCUT2D eigenvalue weighted by Gasteiger charge is -2.09. The Labute approximate surface area is 123 Å². The van der Waals surface area contributed by atoms with E-state index in [-0.39, 0.29) is 11.6 Å². The van der Waals surface area contributed by atoms with E-state index in [0.29, 0.717) is 35.3 Å². The standard InChI is InChI=1S/C17H16F2N2/c1-11-5-14(6-12(2)17(11)19)9-21-10-15-7-13(8-20)3-4-16(15)18/h3-7,21H,9-10H2,1-2H3. The van der Waals surface area contributed by atoms with Gasteiger partial charge in [-0.05, 0) is 48.7 Å². The Morgan fingerprint density at radius 2 is 1.71 bits per heavy atom. The number of nitrogens with zero attached hydrogens (tertiary/aromatic N) is 1. The number of aryl methyl sites for hydroxylation is 2. The molecule has 0 fully saturated rings. The normalized spacial score (nSPS) is 10.4. The molecule has 0 atom stereocenters. The number of nitriles is 1. The van der Waals surface area contributed by atoms with Crippen molar-refractivity contribution in [3.05, 3.63) is 69.8 Å². The fraction of sp³-hybridized carbons (Fsp3) is 0.235. The molecule has 0 unspecified atom stereocenters. The molecule has 2 nitrogen and oxygen atoms in total. The summed E-state index contributed by atoms with van der Waals surface area (Å²) in [7, 11) is 0. The zero-order chi connectivity index (χ0) is 15.4. The molecule has 0 amide bonds. The van der Waals surface area contributed by atoms with Crippen LogP contribution in [0.25, 0.3) is 0 Å². The molecule has 0 radical (unpaired) electrons. The van der Waals surface area contributed by atoms with Crippen LogP contribution in [0.4, 0.5) is 8.78 Å². The monoisotopic (exact) mass is 286 g/mol. The van der Waals surface area contributed by atoms with Crippen LogP contribution in [0, 0.1) is 36.8 Å². The highest BCUT2D eigenvalue weighted by molar-refractivity contribution is 5.34. The van der Waals surface area contributed by atoms with Crippen LogP contribution < -0.4 is 5.32 Å². The Balaban J connectivity index is 2.04. The summed E-state index contributed by atoms with van der Waals surface area (Å²) < 4.78 is 27.1. The van der Waals surface area contributed by atoms with Crippen LogP contribution in [0.5, 0.6) is 0 Å². The minimum atomic E-state index is -0.340. The summed E-state index contributed by atoms with van der Waals surface area (Å²) in [4.78, 5) is 0. The van der Waals surface area contributed by atoms with Gasteiger partial charge in [0, 0.05) is 18.7 Å². The van der Waals surface area contributed by atoms with Crippen molar-refractivity contribution in [2.24, 2.45) is 0 Å². The van der Waals surface area contributed by atoms with Crippen molar-refractivity contribution >= 4 is 0 Å². The molecular formula is C17H16F2N2. The summed E-state index contributed by atoms with van der Waals surface area (Å²) in [5.41, 5.74) is 3.03. The van der Waals surface area contributed by atoms with Crippen LogP contribution >= 0.6 is 0 Å². The van der Waals surface area contributed by atoms with Gasteiger partial charge in [-0.1, -0.05) is 12.1 Å². The quantitative estimate of drug-likeness (QED) is 0.929. The Morgan fingerprint density at radius 3 is 2.33 bits per heavy atom. The first-order valence-electron chi connectivity index (χ1n) is 6.66. The Hall–Kier alpha value is -2.25. The summed E-state index contributed by atoms with van der Waals surface area (Å²) in [6.45, 7) is 4.28. The molecule has 0 aliphatic rings. The molecule has 2 rings (SSSR count). The summed E-state index contributed by atoms with van der Waals surface area (Å²) in [5, 5.41) is 11.9. The number of rotatable bonds is 4. The first-order chi connectivity index (χ1) is 10.0. The average molecular weight is 286 g/mol. The first kappa shape index (κ1) is 15.1. The third-order valence-corrected chi connectivity index (χ3v) is 3.32. The molecule has 0 aliphatic heterocycles. The molecule has 0 saturated carbocycles. The van der Waals surface area contributed by atoms with Gasteiger partial charge in [-0.15, -0.1) is 0 Å². The van der Waals surface area contributed by atoms with Gasteiger partial charge in [0.15, 0.2) is 0 Å². The molecule has 108 valence electrons. The molecule has 1 N–H and O–H groups in total. The fourth-order valence-electron chi connectivity index (χ4n) is 2.26. The predicted molar refractivity (Wildman–Crippen MR) is 77.5 cm³/mol. The molecule has 0 aromatic heterocycles. The van der Waals surface area contributed by atoms with Crippen LogP contribution in [-0.2, 0) is 13.1 Å². The zero-order valence-corrected chi connectivity index (χ0v) is 12.0. The average Bonchev–Trinajstić information content (AvgIpc) is 2.46. The van der Waals surface area contributed by atoms with E-state index in [9.17, 15) is 8.78 Å². The van der Waals surface area contributed by atoms with E-state index in [0.717, 1.165) is 5.56 Å². The van der Waals surface area contributed by atoms with Crippen LogP contribution in [0.15, 0.2) is 30.3 Å². The summed E-state index contributed by atoms with van der Waals surface area (Å²) >= 11 is 0. The molecule has 0 bridgehead atoms. The van der Waals surface area contributed by atoms with Gasteiger partial charge in [-0.2, -0.15) is 5.26 Å². The van der Waals surface area contributed by atoms with E-state index in [1.165, 1.54) is 18.2 Å². The number of hydrogen-bond acceptors (Lipinski definition) is 2. The molecular weight excluding hydrogens is 270 g/mol. The van der Waals surface area contributed by atoms with Crippen LogP contribution in [0.2, 0.25) is 0 Å². The van der Waals surface area contributed by atoms with Crippen LogP contribution in [0.1, 0.15) is 27.8 Å². The fourth-order valence-corrected chi connectivity index (χ4v) is 2.26. The maximum absolute atomic E-state index is 13.6. The zero-order valence-electron chi connectivity index (χ0n) is 12.0. The lowest BCUT2D eigenvalue weighted by molar-refractivity contribution is 0.585. The SMILES string of the molecule is Cc1cc(CNCc2cc(C#N)ccc2F)cc(C)c1F. The van der Waals surface area contributed by atoms with Gasteiger partial charge in [-0.25, -0.2) is 8.78 Å². The molecule has 2 aromatic carbocycles. The van der Waals surface area contributed by atoms with Crippen molar-refractivity contribution in [3.8, 4) is 6.07 Å². The second-order valence-corrected chi connectivity index (χ2v) is 5.07. The van der Waals surface area contributed by atoms with Gasteiger partial charge >= 0.3 is 0 Å². The molecule has 21 heavy (non-hydrogen) atoms. The summed E-state index contributed by atoms with van der Waals surface area (Å²) in [6, 6.07) is 9.81. The second kappa shape index (κ2) is 6.47. The molecule has 2 aromatic rings. The minimum absolute atomic E-state index is 0.188. The second-order valence-electron chi connectivity index (χ2n) is 5.07. The molecule has 0 heterocycles. The van der Waals surface area contributed by atoms with Gasteiger partial charge in [-0.3, -0.25) is 0 Å². The largest absolute Gasteiger partial charge is 0.309 e. The molecule has 0 aliphatic carbocycles. The Morgan fingerprint density at radius 1 is 1.05 bits per heavy atom. The topological polar surface area (TPSA) is 35.8 Å². The highest BCUT2D eigenvalue weighted by Gasteiger charge is 2.06. The van der Waals surface area contributed by atoms with Gasteiger partial charge in [0.25, 0.3) is 0 Å². The minimum Gasteiger partial charge on any atom is -0.309 e. The first-order valence-corrected chi connectivity index (χ1v) is 6.66. The molecule has 0 saturated heterocycles. The van der Waals surface area contributed by atoms with Gasteiger partial charge in [0.2, 0.25) is 0 Å². The summed E-state index contributed by atoms with van der Waals surface area (Å²) in [5.74, 6) is -0.528. The van der Waals surface area contributed by atoms with Crippen molar-refractivity contribution < 1.29 is 8.78 Å². The van der Waals surface area contributed by atoms with Gasteiger partial charge < -0.3 is 5.32 Å². The van der Waals surface area contributed by atoms with Gasteiger partial charge in [0.1, 0.15) is 11.6 Å². The molecule has 0 spiro atoms. The lowest BCUT2D eigenvalue weighted by atomic mass is 10.1. The maximum Gasteiger partial charge on any atom is 0.129 e. The van der Waals surface area contributed by atoms with E-state index in [4.69, 9.17) is 5.26 Å². The number of nitrogens with one attached hydrogen (secondary N) is 1. The lowest BCUT2D eigenvalue weighted by Crippen LogP contribution is -2.14. The third kappa shape index (κ3) is 3.65. The third-order valence-electron chi connectivity index (χ3n) is 3.32.